The van der Waals surface area contributed by atoms with Gasteiger partial charge in [0, 0.05) is 19.6 Å². The average molecular weight is 277 g/mol. The van der Waals surface area contributed by atoms with Gasteiger partial charge in [0.05, 0.1) is 13.0 Å². The zero-order valence-electron chi connectivity index (χ0n) is 12.3. The van der Waals surface area contributed by atoms with Gasteiger partial charge >= 0.3 is 5.97 Å². The molecule has 1 aromatic rings. The monoisotopic (exact) mass is 277 g/mol. The van der Waals surface area contributed by atoms with E-state index < -0.39 is 5.97 Å². The van der Waals surface area contributed by atoms with E-state index >= 15 is 0 Å². The Morgan fingerprint density at radius 1 is 1.30 bits per heavy atom. The van der Waals surface area contributed by atoms with Crippen LogP contribution >= 0.6 is 0 Å². The average Bonchev–Trinajstić information content (AvgIpc) is 2.29. The van der Waals surface area contributed by atoms with Crippen molar-refractivity contribution < 1.29 is 14.6 Å². The van der Waals surface area contributed by atoms with Gasteiger partial charge in [-0.2, -0.15) is 0 Å². The van der Waals surface area contributed by atoms with Crippen LogP contribution in [0, 0.1) is 19.8 Å². The first-order chi connectivity index (χ1) is 9.52. The molecule has 1 saturated heterocycles. The number of hydrogen-bond acceptors (Lipinski definition) is 3. The highest BCUT2D eigenvalue weighted by Gasteiger charge is 2.27. The van der Waals surface area contributed by atoms with E-state index in [9.17, 15) is 4.79 Å². The van der Waals surface area contributed by atoms with Crippen molar-refractivity contribution >= 4 is 5.97 Å². The van der Waals surface area contributed by atoms with Gasteiger partial charge < -0.3 is 14.7 Å². The van der Waals surface area contributed by atoms with Crippen LogP contribution in [0.3, 0.4) is 0 Å². The van der Waals surface area contributed by atoms with Crippen LogP contribution in [0.4, 0.5) is 0 Å². The first-order valence-electron chi connectivity index (χ1n) is 7.18. The van der Waals surface area contributed by atoms with E-state index in [1.807, 2.05) is 0 Å². The zero-order chi connectivity index (χ0) is 14.5. The Morgan fingerprint density at radius 2 is 1.95 bits per heavy atom. The fraction of sp³-hybridized carbons (Fsp3) is 0.562. The van der Waals surface area contributed by atoms with Crippen LogP contribution in [0.5, 0.6) is 5.75 Å². The number of benzene rings is 1. The maximum atomic E-state index is 10.5. The van der Waals surface area contributed by atoms with E-state index in [2.05, 4.69) is 36.9 Å². The Morgan fingerprint density at radius 3 is 2.55 bits per heavy atom. The predicted octanol–water partition coefficient (Wildman–Crippen LogP) is 2.48. The maximum absolute atomic E-state index is 10.5. The van der Waals surface area contributed by atoms with Crippen molar-refractivity contribution in [3.63, 3.8) is 0 Å². The molecule has 1 N–H and O–H groups in total. The number of aryl methyl sites for hydroxylation is 2. The van der Waals surface area contributed by atoms with E-state index in [-0.39, 0.29) is 0 Å². The third-order valence-electron chi connectivity index (χ3n) is 3.58. The molecule has 0 aliphatic carbocycles. The summed E-state index contributed by atoms with van der Waals surface area (Å²) >= 11 is 0. The van der Waals surface area contributed by atoms with Crippen LogP contribution in [0.1, 0.15) is 24.0 Å². The lowest BCUT2D eigenvalue weighted by molar-refractivity contribution is -0.139. The molecule has 1 aliphatic rings. The van der Waals surface area contributed by atoms with Crippen LogP contribution in [0.15, 0.2) is 18.2 Å². The summed E-state index contributed by atoms with van der Waals surface area (Å²) < 4.78 is 5.76. The number of rotatable bonds is 7. The summed E-state index contributed by atoms with van der Waals surface area (Å²) in [6, 6.07) is 6.24. The van der Waals surface area contributed by atoms with Crippen molar-refractivity contribution in [2.45, 2.75) is 26.7 Å². The summed E-state index contributed by atoms with van der Waals surface area (Å²) in [5.41, 5.74) is 2.44. The molecular weight excluding hydrogens is 254 g/mol. The smallest absolute Gasteiger partial charge is 0.303 e. The number of likely N-dealkylation sites (tertiary alicyclic amines) is 1. The lowest BCUT2D eigenvalue weighted by Crippen LogP contribution is -2.47. The van der Waals surface area contributed by atoms with Gasteiger partial charge in [-0.15, -0.1) is 0 Å². The molecule has 4 nitrogen and oxygen atoms in total. The molecule has 1 fully saturated rings. The first kappa shape index (κ1) is 14.9. The number of carboxylic acid groups (broad SMARTS) is 1. The second-order valence-electron chi connectivity index (χ2n) is 5.75. The Labute approximate surface area is 120 Å². The number of aliphatic carboxylic acids is 1. The van der Waals surface area contributed by atoms with Crippen molar-refractivity contribution in [2.75, 3.05) is 26.2 Å². The predicted molar refractivity (Wildman–Crippen MR) is 78.2 cm³/mol. The Bertz CT molecular complexity index is 447. The molecule has 0 spiro atoms. The minimum atomic E-state index is -0.687. The third-order valence-corrected chi connectivity index (χ3v) is 3.58. The molecule has 20 heavy (non-hydrogen) atoms. The van der Waals surface area contributed by atoms with Crippen molar-refractivity contribution in [3.05, 3.63) is 29.3 Å². The molecule has 110 valence electrons. The molecule has 1 aromatic carbocycles. The van der Waals surface area contributed by atoms with Gasteiger partial charge in [-0.1, -0.05) is 6.07 Å². The molecule has 0 bridgehead atoms. The first-order valence-corrected chi connectivity index (χ1v) is 7.18. The second-order valence-corrected chi connectivity index (χ2v) is 5.75. The quantitative estimate of drug-likeness (QED) is 0.778. The van der Waals surface area contributed by atoms with E-state index in [0.717, 1.165) is 31.8 Å². The van der Waals surface area contributed by atoms with Crippen LogP contribution in [0.25, 0.3) is 0 Å². The highest BCUT2D eigenvalue weighted by Crippen LogP contribution is 2.19. The lowest BCUT2D eigenvalue weighted by atomic mass is 9.96. The summed E-state index contributed by atoms with van der Waals surface area (Å²) in [5.74, 6) is 0.593. The van der Waals surface area contributed by atoms with E-state index in [0.29, 0.717) is 18.9 Å². The molecule has 1 aliphatic heterocycles. The molecule has 4 heteroatoms. The van der Waals surface area contributed by atoms with Gasteiger partial charge in [-0.05, 0) is 49.4 Å². The number of carbonyl (C=O) groups is 1. The molecule has 0 amide bonds. The Hall–Kier alpha value is -1.55. The molecule has 0 radical (unpaired) electrons. The molecule has 0 atom stereocenters. The minimum absolute atomic E-state index is 0.301. The Kier molecular flexibility index (Phi) is 5.01. The molecule has 1 heterocycles. The normalized spacial score (nSPS) is 15.9. The number of nitrogens with zero attached hydrogens (tertiary/aromatic N) is 1. The largest absolute Gasteiger partial charge is 0.494 e. The highest BCUT2D eigenvalue weighted by atomic mass is 16.5. The van der Waals surface area contributed by atoms with Crippen LogP contribution in [0.2, 0.25) is 0 Å². The highest BCUT2D eigenvalue weighted by molar-refractivity contribution is 5.67. The Balaban J connectivity index is 1.60. The minimum Gasteiger partial charge on any atom is -0.494 e. The van der Waals surface area contributed by atoms with E-state index in [1.54, 1.807) is 0 Å². The fourth-order valence-corrected chi connectivity index (χ4v) is 2.73. The summed E-state index contributed by atoms with van der Waals surface area (Å²) in [6.45, 7) is 7.67. The van der Waals surface area contributed by atoms with Gasteiger partial charge in [-0.25, -0.2) is 0 Å². The van der Waals surface area contributed by atoms with Crippen LogP contribution < -0.4 is 4.74 Å². The van der Waals surface area contributed by atoms with Gasteiger partial charge in [-0.3, -0.25) is 4.79 Å². The number of ether oxygens (including phenoxy) is 1. The van der Waals surface area contributed by atoms with Crippen LogP contribution in [-0.4, -0.2) is 42.2 Å². The molecule has 0 saturated carbocycles. The third kappa shape index (κ3) is 4.53. The van der Waals surface area contributed by atoms with Gasteiger partial charge in [0.1, 0.15) is 5.75 Å². The van der Waals surface area contributed by atoms with Gasteiger partial charge in [0.25, 0.3) is 0 Å². The molecule has 0 unspecified atom stereocenters. The van der Waals surface area contributed by atoms with Crippen molar-refractivity contribution in [2.24, 2.45) is 5.92 Å². The standard InChI is InChI=1S/C16H23NO3/c1-12-6-13(2)8-15(7-12)20-5-3-4-17-10-14(11-17)9-16(18)19/h6-8,14H,3-5,9-11H2,1-2H3,(H,18,19). The van der Waals surface area contributed by atoms with Crippen LogP contribution in [-0.2, 0) is 4.79 Å². The lowest BCUT2D eigenvalue weighted by Gasteiger charge is -2.38. The summed E-state index contributed by atoms with van der Waals surface area (Å²) in [6.07, 6.45) is 1.28. The second kappa shape index (κ2) is 6.75. The van der Waals surface area contributed by atoms with Crippen molar-refractivity contribution in [1.82, 2.24) is 4.90 Å². The topological polar surface area (TPSA) is 49.8 Å². The molecule has 0 aromatic heterocycles. The maximum Gasteiger partial charge on any atom is 0.303 e. The van der Waals surface area contributed by atoms with E-state index in [4.69, 9.17) is 9.84 Å². The van der Waals surface area contributed by atoms with Crippen molar-refractivity contribution in [3.8, 4) is 5.75 Å². The molecule has 2 rings (SSSR count). The number of carboxylic acids is 1. The van der Waals surface area contributed by atoms with Crippen molar-refractivity contribution in [1.29, 1.82) is 0 Å². The summed E-state index contributed by atoms with van der Waals surface area (Å²) in [4.78, 5) is 12.8. The number of hydrogen-bond donors (Lipinski definition) is 1. The zero-order valence-corrected chi connectivity index (χ0v) is 12.3. The fourth-order valence-electron chi connectivity index (χ4n) is 2.73. The summed E-state index contributed by atoms with van der Waals surface area (Å²) in [5, 5.41) is 8.68. The summed E-state index contributed by atoms with van der Waals surface area (Å²) in [7, 11) is 0. The SMILES string of the molecule is Cc1cc(C)cc(OCCCN2CC(CC(=O)O)C2)c1. The molecular formula is C16H23NO3. The van der Waals surface area contributed by atoms with E-state index in [1.165, 1.54) is 11.1 Å². The van der Waals surface area contributed by atoms with Gasteiger partial charge in [0.15, 0.2) is 0 Å². The van der Waals surface area contributed by atoms with Gasteiger partial charge in [0.2, 0.25) is 0 Å².